The van der Waals surface area contributed by atoms with Crippen LogP contribution in [0.15, 0.2) is 60.1 Å². The van der Waals surface area contributed by atoms with Crippen LogP contribution in [0.1, 0.15) is 31.9 Å². The Balaban J connectivity index is 2.12. The molecule has 26 heavy (non-hydrogen) atoms. The number of hydrogen-bond donors (Lipinski definition) is 1. The number of aliphatic hydroxyl groups is 1. The Morgan fingerprint density at radius 1 is 1.19 bits per heavy atom. The van der Waals surface area contributed by atoms with E-state index in [1.165, 1.54) is 29.2 Å². The van der Waals surface area contributed by atoms with E-state index in [1.54, 1.807) is 24.5 Å². The summed E-state index contributed by atoms with van der Waals surface area (Å²) in [7, 11) is 0. The molecule has 0 saturated heterocycles. The van der Waals surface area contributed by atoms with Crippen molar-refractivity contribution >= 4 is 17.4 Å². The van der Waals surface area contributed by atoms with Crippen LogP contribution >= 0.6 is 0 Å². The summed E-state index contributed by atoms with van der Waals surface area (Å²) in [5.74, 6) is -1.87. The summed E-state index contributed by atoms with van der Waals surface area (Å²) < 4.78 is 13.3. The molecule has 1 aromatic heterocycles. The number of halogens is 1. The molecule has 1 aliphatic rings. The summed E-state index contributed by atoms with van der Waals surface area (Å²) in [6, 6.07) is 7.97. The van der Waals surface area contributed by atoms with Gasteiger partial charge in [-0.3, -0.25) is 19.5 Å². The van der Waals surface area contributed by atoms with Gasteiger partial charge in [0.1, 0.15) is 5.82 Å². The van der Waals surface area contributed by atoms with E-state index in [0.717, 1.165) is 0 Å². The first-order valence-corrected chi connectivity index (χ1v) is 8.35. The van der Waals surface area contributed by atoms with Crippen molar-refractivity contribution in [2.24, 2.45) is 5.92 Å². The van der Waals surface area contributed by atoms with Crippen molar-refractivity contribution in [3.63, 3.8) is 0 Å². The van der Waals surface area contributed by atoms with Crippen LogP contribution in [0.25, 0.3) is 0 Å². The molecule has 1 N–H and O–H groups in total. The summed E-state index contributed by atoms with van der Waals surface area (Å²) in [5.41, 5.74) is 1.12. The third-order valence-corrected chi connectivity index (χ3v) is 4.23. The highest BCUT2D eigenvalue weighted by Gasteiger charge is 2.44. The number of benzene rings is 1. The van der Waals surface area contributed by atoms with Crippen LogP contribution in [0.2, 0.25) is 0 Å². The van der Waals surface area contributed by atoms with Gasteiger partial charge in [-0.2, -0.15) is 0 Å². The molecular weight excluding hydrogens is 335 g/mol. The maximum Gasteiger partial charge on any atom is 0.294 e. The number of pyridine rings is 1. The Hall–Kier alpha value is -3.02. The van der Waals surface area contributed by atoms with Crippen LogP contribution in [0.5, 0.6) is 0 Å². The normalized spacial score (nSPS) is 17.3. The summed E-state index contributed by atoms with van der Waals surface area (Å²) >= 11 is 0. The van der Waals surface area contributed by atoms with Crippen molar-refractivity contribution in [1.82, 2.24) is 4.98 Å². The van der Waals surface area contributed by atoms with Crippen LogP contribution < -0.4 is 4.90 Å². The molecule has 3 rings (SSSR count). The third kappa shape index (κ3) is 3.22. The van der Waals surface area contributed by atoms with Crippen molar-refractivity contribution in [2.45, 2.75) is 26.3 Å². The molecule has 1 aliphatic heterocycles. The highest BCUT2D eigenvalue weighted by molar-refractivity contribution is 6.16. The van der Waals surface area contributed by atoms with Gasteiger partial charge in [0, 0.05) is 24.5 Å². The zero-order valence-corrected chi connectivity index (χ0v) is 14.5. The molecule has 0 aliphatic carbocycles. The lowest BCUT2D eigenvalue weighted by Crippen LogP contribution is -2.31. The number of hydrogen-bond acceptors (Lipinski definition) is 4. The van der Waals surface area contributed by atoms with E-state index in [-0.39, 0.29) is 23.7 Å². The second kappa shape index (κ2) is 7.07. The van der Waals surface area contributed by atoms with Crippen LogP contribution in [0.3, 0.4) is 0 Å². The molecule has 6 heteroatoms. The van der Waals surface area contributed by atoms with Gasteiger partial charge >= 0.3 is 0 Å². The van der Waals surface area contributed by atoms with Crippen molar-refractivity contribution in [1.29, 1.82) is 0 Å². The van der Waals surface area contributed by atoms with Gasteiger partial charge in [0.05, 0.1) is 11.6 Å². The Kier molecular flexibility index (Phi) is 4.84. The molecule has 0 saturated carbocycles. The van der Waals surface area contributed by atoms with Gasteiger partial charge in [-0.15, -0.1) is 0 Å². The average Bonchev–Trinajstić information content (AvgIpc) is 2.88. The van der Waals surface area contributed by atoms with Crippen LogP contribution in [-0.4, -0.2) is 21.8 Å². The number of amides is 1. The standard InChI is InChI=1S/C20H19FN2O3/c1-12(2)11-16(24)17-18(13-7-9-22-10-8-13)23(20(26)19(17)25)15-5-3-14(21)4-6-15/h3-10,12,18,25H,11H2,1-2H3. The molecule has 0 bridgehead atoms. The van der Waals surface area contributed by atoms with Gasteiger partial charge < -0.3 is 5.11 Å². The van der Waals surface area contributed by atoms with Crippen molar-refractivity contribution in [2.75, 3.05) is 4.90 Å². The Bertz CT molecular complexity index is 860. The SMILES string of the molecule is CC(C)CC(=O)C1=C(O)C(=O)N(c2ccc(F)cc2)C1c1ccncc1. The molecule has 1 amide bonds. The first-order valence-electron chi connectivity index (χ1n) is 8.35. The second-order valence-electron chi connectivity index (χ2n) is 6.62. The zero-order valence-electron chi connectivity index (χ0n) is 14.5. The first kappa shape index (κ1) is 17.8. The number of rotatable bonds is 5. The Labute approximate surface area is 150 Å². The van der Waals surface area contributed by atoms with Gasteiger partial charge in [-0.25, -0.2) is 4.39 Å². The van der Waals surface area contributed by atoms with E-state index >= 15 is 0 Å². The summed E-state index contributed by atoms with van der Waals surface area (Å²) in [6.45, 7) is 3.79. The monoisotopic (exact) mass is 354 g/mol. The smallest absolute Gasteiger partial charge is 0.294 e. The number of ketones is 1. The lowest BCUT2D eigenvalue weighted by Gasteiger charge is -2.27. The minimum absolute atomic E-state index is 0.0687. The van der Waals surface area contributed by atoms with E-state index < -0.39 is 23.5 Å². The highest BCUT2D eigenvalue weighted by Crippen LogP contribution is 2.41. The maximum absolute atomic E-state index is 13.3. The fourth-order valence-corrected chi connectivity index (χ4v) is 3.10. The van der Waals surface area contributed by atoms with Crippen molar-refractivity contribution < 1.29 is 19.1 Å². The van der Waals surface area contributed by atoms with Crippen molar-refractivity contribution in [3.8, 4) is 0 Å². The van der Waals surface area contributed by atoms with E-state index in [9.17, 15) is 19.1 Å². The molecule has 0 fully saturated rings. The van der Waals surface area contributed by atoms with E-state index in [2.05, 4.69) is 4.98 Å². The molecular formula is C20H19FN2O3. The summed E-state index contributed by atoms with van der Waals surface area (Å²) in [6.07, 6.45) is 3.33. The van der Waals surface area contributed by atoms with E-state index in [0.29, 0.717) is 11.3 Å². The number of carbonyl (C=O) groups is 2. The van der Waals surface area contributed by atoms with Gasteiger partial charge in [0.2, 0.25) is 0 Å². The molecule has 5 nitrogen and oxygen atoms in total. The zero-order chi connectivity index (χ0) is 18.8. The lowest BCUT2D eigenvalue weighted by atomic mass is 9.92. The second-order valence-corrected chi connectivity index (χ2v) is 6.62. The minimum Gasteiger partial charge on any atom is -0.503 e. The number of Topliss-reactive ketones (excluding diaryl/α,β-unsaturated/α-hetero) is 1. The lowest BCUT2D eigenvalue weighted by molar-refractivity contribution is -0.118. The molecule has 1 atom stereocenters. The van der Waals surface area contributed by atoms with Crippen molar-refractivity contribution in [3.05, 3.63) is 71.5 Å². The average molecular weight is 354 g/mol. The Morgan fingerprint density at radius 3 is 2.38 bits per heavy atom. The number of anilines is 1. The quantitative estimate of drug-likeness (QED) is 0.888. The van der Waals surface area contributed by atoms with Gasteiger partial charge in [-0.05, 0) is 47.9 Å². The van der Waals surface area contributed by atoms with Crippen LogP contribution in [-0.2, 0) is 9.59 Å². The Morgan fingerprint density at radius 2 is 1.81 bits per heavy atom. The molecule has 0 spiro atoms. The van der Waals surface area contributed by atoms with Gasteiger partial charge in [0.25, 0.3) is 5.91 Å². The number of nitrogens with zero attached hydrogens (tertiary/aromatic N) is 2. The molecule has 2 heterocycles. The van der Waals surface area contributed by atoms with E-state index in [1.807, 2.05) is 13.8 Å². The van der Waals surface area contributed by atoms with E-state index in [4.69, 9.17) is 0 Å². The summed E-state index contributed by atoms with van der Waals surface area (Å²) in [4.78, 5) is 30.8. The number of carbonyl (C=O) groups excluding carboxylic acids is 2. The fourth-order valence-electron chi connectivity index (χ4n) is 3.10. The largest absolute Gasteiger partial charge is 0.503 e. The van der Waals surface area contributed by atoms with Crippen LogP contribution in [0, 0.1) is 11.7 Å². The van der Waals surface area contributed by atoms with Gasteiger partial charge in [-0.1, -0.05) is 13.8 Å². The highest BCUT2D eigenvalue weighted by atomic mass is 19.1. The third-order valence-electron chi connectivity index (χ3n) is 4.23. The fraction of sp³-hybridized carbons (Fsp3) is 0.250. The van der Waals surface area contributed by atoms with Crippen LogP contribution in [0.4, 0.5) is 10.1 Å². The number of aromatic nitrogens is 1. The molecule has 2 aromatic rings. The predicted octanol–water partition coefficient (Wildman–Crippen LogP) is 3.74. The van der Waals surface area contributed by atoms with Gasteiger partial charge in [0.15, 0.2) is 11.5 Å². The first-order chi connectivity index (χ1) is 12.4. The molecule has 1 aromatic carbocycles. The minimum atomic E-state index is -0.776. The number of aliphatic hydroxyl groups excluding tert-OH is 1. The molecule has 1 unspecified atom stereocenters. The molecule has 0 radical (unpaired) electrons. The summed E-state index contributed by atoms with van der Waals surface area (Å²) in [5, 5.41) is 10.4. The molecule has 134 valence electrons. The maximum atomic E-state index is 13.3. The topological polar surface area (TPSA) is 70.5 Å². The predicted molar refractivity (Wildman–Crippen MR) is 95.0 cm³/mol.